The standard InChI is InChI=1S/C14H20N6S/c1-9-15-12(18-17-9)11-7-20(8-11)14-16-13(19-21-14)10-5-3-2-4-6-10/h10-11H,2-8H2,1H3,(H,15,17,18). The normalized spacial score (nSPS) is 20.7. The Bertz CT molecular complexity index is 609. The van der Waals surface area contributed by atoms with Crippen molar-refractivity contribution in [2.24, 2.45) is 0 Å². The van der Waals surface area contributed by atoms with Crippen LogP contribution in [0.25, 0.3) is 0 Å². The highest BCUT2D eigenvalue weighted by atomic mass is 32.1. The van der Waals surface area contributed by atoms with Crippen LogP contribution < -0.4 is 4.90 Å². The number of nitrogens with zero attached hydrogens (tertiary/aromatic N) is 5. The first kappa shape index (κ1) is 13.2. The van der Waals surface area contributed by atoms with Crippen LogP contribution in [0.15, 0.2) is 0 Å². The Morgan fingerprint density at radius 3 is 2.57 bits per heavy atom. The first-order valence-electron chi connectivity index (χ1n) is 7.77. The van der Waals surface area contributed by atoms with Crippen LogP contribution >= 0.6 is 11.5 Å². The molecule has 2 aliphatic rings. The fraction of sp³-hybridized carbons (Fsp3) is 0.714. The highest BCUT2D eigenvalue weighted by Gasteiger charge is 2.33. The zero-order valence-electron chi connectivity index (χ0n) is 12.2. The zero-order chi connectivity index (χ0) is 14.2. The molecule has 0 spiro atoms. The van der Waals surface area contributed by atoms with Gasteiger partial charge in [-0.1, -0.05) is 19.3 Å². The lowest BCUT2D eigenvalue weighted by Gasteiger charge is -2.37. The Kier molecular flexibility index (Phi) is 3.37. The van der Waals surface area contributed by atoms with Crippen LogP contribution in [-0.4, -0.2) is 37.6 Å². The molecule has 2 aromatic rings. The molecule has 0 amide bonds. The fourth-order valence-corrected chi connectivity index (χ4v) is 3.99. The van der Waals surface area contributed by atoms with E-state index in [1.54, 1.807) is 11.5 Å². The summed E-state index contributed by atoms with van der Waals surface area (Å²) in [6.07, 6.45) is 6.55. The van der Waals surface area contributed by atoms with Crippen molar-refractivity contribution < 1.29 is 0 Å². The van der Waals surface area contributed by atoms with Gasteiger partial charge in [-0.3, -0.25) is 5.10 Å². The van der Waals surface area contributed by atoms with E-state index in [0.717, 1.165) is 35.7 Å². The van der Waals surface area contributed by atoms with E-state index in [1.807, 2.05) is 6.92 Å². The summed E-state index contributed by atoms with van der Waals surface area (Å²) in [6, 6.07) is 0. The molecule has 1 saturated carbocycles. The summed E-state index contributed by atoms with van der Waals surface area (Å²) in [5.41, 5.74) is 0. The highest BCUT2D eigenvalue weighted by molar-refractivity contribution is 7.09. The molecule has 4 rings (SSSR count). The number of aromatic amines is 1. The molecule has 21 heavy (non-hydrogen) atoms. The Balaban J connectivity index is 1.39. The summed E-state index contributed by atoms with van der Waals surface area (Å²) in [6.45, 7) is 3.85. The molecular formula is C14H20N6S. The van der Waals surface area contributed by atoms with Gasteiger partial charge in [-0.15, -0.1) is 0 Å². The molecule has 2 aromatic heterocycles. The van der Waals surface area contributed by atoms with Gasteiger partial charge in [0, 0.05) is 30.5 Å². The van der Waals surface area contributed by atoms with Crippen molar-refractivity contribution in [2.75, 3.05) is 18.0 Å². The number of anilines is 1. The molecule has 1 N–H and O–H groups in total. The number of aryl methyl sites for hydroxylation is 1. The first-order chi connectivity index (χ1) is 10.3. The van der Waals surface area contributed by atoms with Crippen molar-refractivity contribution in [3.05, 3.63) is 17.5 Å². The number of H-pyrrole nitrogens is 1. The first-order valence-corrected chi connectivity index (χ1v) is 8.54. The summed E-state index contributed by atoms with van der Waals surface area (Å²) in [5.74, 6) is 3.92. The molecule has 0 aromatic carbocycles. The second-order valence-corrected chi connectivity index (χ2v) is 6.88. The molecule has 0 bridgehead atoms. The monoisotopic (exact) mass is 304 g/mol. The smallest absolute Gasteiger partial charge is 0.205 e. The van der Waals surface area contributed by atoms with E-state index in [9.17, 15) is 0 Å². The molecule has 7 heteroatoms. The third-order valence-electron chi connectivity index (χ3n) is 4.53. The second kappa shape index (κ2) is 5.36. The zero-order valence-corrected chi connectivity index (χ0v) is 13.1. The van der Waals surface area contributed by atoms with Crippen LogP contribution in [0.2, 0.25) is 0 Å². The Morgan fingerprint density at radius 2 is 1.86 bits per heavy atom. The predicted octanol–water partition coefficient (Wildman–Crippen LogP) is 2.62. The third kappa shape index (κ3) is 2.54. The van der Waals surface area contributed by atoms with Gasteiger partial charge in [-0.2, -0.15) is 9.47 Å². The van der Waals surface area contributed by atoms with Gasteiger partial charge in [-0.05, 0) is 19.8 Å². The minimum atomic E-state index is 0.428. The fourth-order valence-electron chi connectivity index (χ4n) is 3.22. The van der Waals surface area contributed by atoms with E-state index < -0.39 is 0 Å². The van der Waals surface area contributed by atoms with Gasteiger partial charge in [-0.25, -0.2) is 9.97 Å². The summed E-state index contributed by atoms with van der Waals surface area (Å²) in [5, 5.41) is 8.23. The van der Waals surface area contributed by atoms with Crippen molar-refractivity contribution in [3.63, 3.8) is 0 Å². The average molecular weight is 304 g/mol. The van der Waals surface area contributed by atoms with Crippen LogP contribution in [0, 0.1) is 6.92 Å². The van der Waals surface area contributed by atoms with Gasteiger partial charge in [0.2, 0.25) is 5.13 Å². The SMILES string of the molecule is Cc1nc(C2CN(c3nc(C4CCCCC4)ns3)C2)n[nH]1. The van der Waals surface area contributed by atoms with Crippen LogP contribution in [0.1, 0.15) is 61.4 Å². The summed E-state index contributed by atoms with van der Waals surface area (Å²) < 4.78 is 4.60. The second-order valence-electron chi connectivity index (χ2n) is 6.15. The molecule has 0 radical (unpaired) electrons. The van der Waals surface area contributed by atoms with Gasteiger partial charge in [0.25, 0.3) is 0 Å². The highest BCUT2D eigenvalue weighted by Crippen LogP contribution is 2.35. The lowest BCUT2D eigenvalue weighted by atomic mass is 9.89. The van der Waals surface area contributed by atoms with E-state index in [-0.39, 0.29) is 0 Å². The van der Waals surface area contributed by atoms with Gasteiger partial charge in [0.15, 0.2) is 5.82 Å². The van der Waals surface area contributed by atoms with Crippen molar-refractivity contribution >= 4 is 16.7 Å². The number of aromatic nitrogens is 5. The lowest BCUT2D eigenvalue weighted by Crippen LogP contribution is -2.45. The van der Waals surface area contributed by atoms with Crippen molar-refractivity contribution in [1.29, 1.82) is 0 Å². The van der Waals surface area contributed by atoms with Crippen molar-refractivity contribution in [2.45, 2.75) is 50.9 Å². The predicted molar refractivity (Wildman–Crippen MR) is 81.8 cm³/mol. The molecule has 1 aliphatic carbocycles. The largest absolute Gasteiger partial charge is 0.345 e. The van der Waals surface area contributed by atoms with Gasteiger partial charge < -0.3 is 4.90 Å². The Labute approximate surface area is 128 Å². The molecule has 1 aliphatic heterocycles. The van der Waals surface area contributed by atoms with Crippen LogP contribution in [0.3, 0.4) is 0 Å². The topological polar surface area (TPSA) is 70.6 Å². The molecule has 3 heterocycles. The minimum Gasteiger partial charge on any atom is -0.345 e. The van der Waals surface area contributed by atoms with E-state index in [1.165, 1.54) is 32.1 Å². The third-order valence-corrected chi connectivity index (χ3v) is 5.32. The van der Waals surface area contributed by atoms with E-state index in [2.05, 4.69) is 24.5 Å². The van der Waals surface area contributed by atoms with Gasteiger partial charge >= 0.3 is 0 Å². The van der Waals surface area contributed by atoms with Crippen molar-refractivity contribution in [3.8, 4) is 0 Å². The molecular weight excluding hydrogens is 284 g/mol. The maximum atomic E-state index is 4.77. The van der Waals surface area contributed by atoms with Crippen LogP contribution in [0.5, 0.6) is 0 Å². The number of hydrogen-bond acceptors (Lipinski definition) is 6. The van der Waals surface area contributed by atoms with Gasteiger partial charge in [0.1, 0.15) is 11.6 Å². The molecule has 6 nitrogen and oxygen atoms in total. The summed E-state index contributed by atoms with van der Waals surface area (Å²) in [7, 11) is 0. The van der Waals surface area contributed by atoms with E-state index in [4.69, 9.17) is 4.98 Å². The van der Waals surface area contributed by atoms with E-state index in [0.29, 0.717) is 11.8 Å². The summed E-state index contributed by atoms with van der Waals surface area (Å²) >= 11 is 1.55. The maximum Gasteiger partial charge on any atom is 0.205 e. The van der Waals surface area contributed by atoms with E-state index >= 15 is 0 Å². The quantitative estimate of drug-likeness (QED) is 0.944. The minimum absolute atomic E-state index is 0.428. The van der Waals surface area contributed by atoms with Crippen molar-refractivity contribution in [1.82, 2.24) is 24.5 Å². The maximum absolute atomic E-state index is 4.77. The number of nitrogens with one attached hydrogen (secondary N) is 1. The Morgan fingerprint density at radius 1 is 1.05 bits per heavy atom. The molecule has 0 atom stereocenters. The number of rotatable bonds is 3. The molecule has 112 valence electrons. The molecule has 2 fully saturated rings. The van der Waals surface area contributed by atoms with Gasteiger partial charge in [0.05, 0.1) is 5.92 Å². The van der Waals surface area contributed by atoms with Crippen LogP contribution in [0.4, 0.5) is 5.13 Å². The van der Waals surface area contributed by atoms with Crippen LogP contribution in [-0.2, 0) is 0 Å². The molecule has 0 unspecified atom stereocenters. The number of hydrogen-bond donors (Lipinski definition) is 1. The Hall–Kier alpha value is -1.50. The lowest BCUT2D eigenvalue weighted by molar-refractivity contribution is 0.430. The summed E-state index contributed by atoms with van der Waals surface area (Å²) in [4.78, 5) is 11.5. The average Bonchev–Trinajstić information content (AvgIpc) is 3.08. The molecule has 1 saturated heterocycles.